The van der Waals surface area contributed by atoms with Crippen LogP contribution in [0, 0.1) is 0 Å². The molecule has 1 heterocycles. The van der Waals surface area contributed by atoms with E-state index < -0.39 is 12.2 Å². The van der Waals surface area contributed by atoms with Crippen LogP contribution in [-0.4, -0.2) is 31.4 Å². The van der Waals surface area contributed by atoms with E-state index in [2.05, 4.69) is 21.0 Å². The highest BCUT2D eigenvalue weighted by Crippen LogP contribution is 2.15. The highest BCUT2D eigenvalue weighted by Gasteiger charge is 2.18. The van der Waals surface area contributed by atoms with Crippen LogP contribution in [0.2, 0.25) is 0 Å². The van der Waals surface area contributed by atoms with Gasteiger partial charge in [-0.25, -0.2) is 0 Å². The predicted molar refractivity (Wildman–Crippen MR) is 48.0 cm³/mol. The summed E-state index contributed by atoms with van der Waals surface area (Å²) >= 11 is 3.07. The van der Waals surface area contributed by atoms with Gasteiger partial charge < -0.3 is 10.2 Å². The standard InChI is InChI=1S/C7H11BrN2O2/c1-10-3-2-5(9-10)7(12)6(11)4-8/h2-3,6-7,11-12H,4H2,1H3. The molecule has 2 atom stereocenters. The van der Waals surface area contributed by atoms with Crippen LogP contribution in [0.4, 0.5) is 0 Å². The van der Waals surface area contributed by atoms with Gasteiger partial charge in [-0.05, 0) is 6.07 Å². The Balaban J connectivity index is 2.70. The van der Waals surface area contributed by atoms with Crippen molar-refractivity contribution in [2.24, 2.45) is 7.05 Å². The number of hydrogen-bond donors (Lipinski definition) is 2. The Morgan fingerprint density at radius 2 is 2.33 bits per heavy atom. The van der Waals surface area contributed by atoms with Crippen molar-refractivity contribution in [1.82, 2.24) is 9.78 Å². The quantitative estimate of drug-likeness (QED) is 0.736. The van der Waals surface area contributed by atoms with Crippen molar-refractivity contribution in [3.8, 4) is 0 Å². The highest BCUT2D eigenvalue weighted by molar-refractivity contribution is 9.09. The van der Waals surface area contributed by atoms with Crippen molar-refractivity contribution in [3.05, 3.63) is 18.0 Å². The lowest BCUT2D eigenvalue weighted by molar-refractivity contribution is 0.0312. The number of alkyl halides is 1. The van der Waals surface area contributed by atoms with Gasteiger partial charge in [0, 0.05) is 18.6 Å². The molecule has 1 aromatic rings. The number of hydrogen-bond acceptors (Lipinski definition) is 3. The Labute approximate surface area is 79.0 Å². The molecule has 1 rings (SSSR count). The molecule has 0 saturated heterocycles. The van der Waals surface area contributed by atoms with Gasteiger partial charge in [-0.2, -0.15) is 5.10 Å². The summed E-state index contributed by atoms with van der Waals surface area (Å²) in [5, 5.41) is 23.0. The zero-order valence-electron chi connectivity index (χ0n) is 6.68. The Hall–Kier alpha value is -0.390. The minimum Gasteiger partial charge on any atom is -0.389 e. The van der Waals surface area contributed by atoms with E-state index in [0.29, 0.717) is 11.0 Å². The molecule has 68 valence electrons. The maximum absolute atomic E-state index is 9.45. The van der Waals surface area contributed by atoms with Gasteiger partial charge in [0.25, 0.3) is 0 Å². The second kappa shape index (κ2) is 4.02. The highest BCUT2D eigenvalue weighted by atomic mass is 79.9. The van der Waals surface area contributed by atoms with Crippen LogP contribution in [0.5, 0.6) is 0 Å². The van der Waals surface area contributed by atoms with Gasteiger partial charge in [-0.1, -0.05) is 15.9 Å². The van der Waals surface area contributed by atoms with Gasteiger partial charge in [-0.3, -0.25) is 4.68 Å². The smallest absolute Gasteiger partial charge is 0.124 e. The van der Waals surface area contributed by atoms with E-state index in [-0.39, 0.29) is 0 Å². The molecule has 0 aromatic carbocycles. The molecule has 2 unspecified atom stereocenters. The van der Waals surface area contributed by atoms with Gasteiger partial charge in [0.15, 0.2) is 0 Å². The number of aromatic nitrogens is 2. The normalized spacial score (nSPS) is 16.0. The molecule has 0 radical (unpaired) electrons. The largest absolute Gasteiger partial charge is 0.389 e. The van der Waals surface area contributed by atoms with Crippen LogP contribution >= 0.6 is 15.9 Å². The molecule has 12 heavy (non-hydrogen) atoms. The van der Waals surface area contributed by atoms with E-state index in [1.54, 1.807) is 24.0 Å². The number of aliphatic hydroxyl groups excluding tert-OH is 2. The molecule has 0 aliphatic rings. The molecule has 0 fully saturated rings. The van der Waals surface area contributed by atoms with Crippen LogP contribution in [0.25, 0.3) is 0 Å². The lowest BCUT2D eigenvalue weighted by Gasteiger charge is -2.12. The molecule has 4 nitrogen and oxygen atoms in total. The van der Waals surface area contributed by atoms with Gasteiger partial charge >= 0.3 is 0 Å². The first-order valence-electron chi connectivity index (χ1n) is 3.56. The number of nitrogens with zero attached hydrogens (tertiary/aromatic N) is 2. The fourth-order valence-electron chi connectivity index (χ4n) is 0.872. The summed E-state index contributed by atoms with van der Waals surface area (Å²) in [4.78, 5) is 0. The third-order valence-electron chi connectivity index (χ3n) is 1.56. The van der Waals surface area contributed by atoms with Crippen molar-refractivity contribution in [2.45, 2.75) is 12.2 Å². The van der Waals surface area contributed by atoms with E-state index in [4.69, 9.17) is 0 Å². The molecule has 0 bridgehead atoms. The first-order chi connectivity index (χ1) is 5.65. The summed E-state index contributed by atoms with van der Waals surface area (Å²) < 4.78 is 1.58. The Morgan fingerprint density at radius 1 is 1.67 bits per heavy atom. The monoisotopic (exact) mass is 234 g/mol. The molecular weight excluding hydrogens is 224 g/mol. The summed E-state index contributed by atoms with van der Waals surface area (Å²) in [6.45, 7) is 0. The second-order valence-electron chi connectivity index (χ2n) is 2.58. The van der Waals surface area contributed by atoms with Crippen LogP contribution in [0.1, 0.15) is 11.8 Å². The Bertz CT molecular complexity index is 251. The van der Waals surface area contributed by atoms with Crippen molar-refractivity contribution in [1.29, 1.82) is 0 Å². The predicted octanol–water partition coefficient (Wildman–Crippen LogP) is 0.209. The van der Waals surface area contributed by atoms with Gasteiger partial charge in [-0.15, -0.1) is 0 Å². The number of aliphatic hydroxyl groups is 2. The molecular formula is C7H11BrN2O2. The maximum atomic E-state index is 9.45. The molecule has 1 aromatic heterocycles. The van der Waals surface area contributed by atoms with Crippen molar-refractivity contribution >= 4 is 15.9 Å². The van der Waals surface area contributed by atoms with Crippen LogP contribution in [0.15, 0.2) is 12.3 Å². The fourth-order valence-corrected chi connectivity index (χ4v) is 1.23. The van der Waals surface area contributed by atoms with Gasteiger partial charge in [0.05, 0.1) is 11.8 Å². The lowest BCUT2D eigenvalue weighted by Crippen LogP contribution is -2.20. The van der Waals surface area contributed by atoms with Crippen LogP contribution < -0.4 is 0 Å². The van der Waals surface area contributed by atoms with Crippen LogP contribution in [-0.2, 0) is 7.05 Å². The molecule has 0 aliphatic carbocycles. The third-order valence-corrected chi connectivity index (χ3v) is 2.22. The fraction of sp³-hybridized carbons (Fsp3) is 0.571. The average molecular weight is 235 g/mol. The molecule has 5 heteroatoms. The summed E-state index contributed by atoms with van der Waals surface area (Å²) in [6, 6.07) is 1.68. The summed E-state index contributed by atoms with van der Waals surface area (Å²) in [6.07, 6.45) is 0.00458. The number of rotatable bonds is 3. The minimum absolute atomic E-state index is 0.338. The molecule has 0 aliphatic heterocycles. The second-order valence-corrected chi connectivity index (χ2v) is 3.23. The third kappa shape index (κ3) is 2.06. The summed E-state index contributed by atoms with van der Waals surface area (Å²) in [5.74, 6) is 0. The number of aryl methyl sites for hydroxylation is 1. The summed E-state index contributed by atoms with van der Waals surface area (Å²) in [7, 11) is 1.76. The Kier molecular flexibility index (Phi) is 3.25. The van der Waals surface area contributed by atoms with E-state index in [1.165, 1.54) is 0 Å². The zero-order chi connectivity index (χ0) is 9.14. The van der Waals surface area contributed by atoms with Gasteiger partial charge in [0.1, 0.15) is 6.10 Å². The number of halogens is 1. The van der Waals surface area contributed by atoms with Crippen molar-refractivity contribution < 1.29 is 10.2 Å². The topological polar surface area (TPSA) is 58.3 Å². The van der Waals surface area contributed by atoms with Crippen molar-refractivity contribution in [3.63, 3.8) is 0 Å². The Morgan fingerprint density at radius 3 is 2.75 bits per heavy atom. The molecule has 0 spiro atoms. The summed E-state index contributed by atoms with van der Waals surface area (Å²) in [5.41, 5.74) is 0.490. The first kappa shape index (κ1) is 9.70. The van der Waals surface area contributed by atoms with Crippen LogP contribution in [0.3, 0.4) is 0 Å². The molecule has 2 N–H and O–H groups in total. The van der Waals surface area contributed by atoms with E-state index >= 15 is 0 Å². The van der Waals surface area contributed by atoms with E-state index in [9.17, 15) is 10.2 Å². The SMILES string of the molecule is Cn1ccc(C(O)C(O)CBr)n1. The molecule has 0 saturated carbocycles. The lowest BCUT2D eigenvalue weighted by atomic mass is 10.2. The first-order valence-corrected chi connectivity index (χ1v) is 4.69. The zero-order valence-corrected chi connectivity index (χ0v) is 8.27. The minimum atomic E-state index is -0.912. The van der Waals surface area contributed by atoms with Crippen molar-refractivity contribution in [2.75, 3.05) is 5.33 Å². The molecule has 0 amide bonds. The average Bonchev–Trinajstić information content (AvgIpc) is 2.49. The van der Waals surface area contributed by atoms with Gasteiger partial charge in [0.2, 0.25) is 0 Å². The van der Waals surface area contributed by atoms with E-state index in [1.807, 2.05) is 0 Å². The maximum Gasteiger partial charge on any atom is 0.124 e. The van der Waals surface area contributed by atoms with E-state index in [0.717, 1.165) is 0 Å².